The van der Waals surface area contributed by atoms with Crippen molar-refractivity contribution in [2.24, 2.45) is 0 Å². The number of carbonyl (C=O) groups is 1. The van der Waals surface area contributed by atoms with Crippen LogP contribution in [0.15, 0.2) is 30.3 Å². The number of nitrogens with one attached hydrogen (secondary N) is 1. The summed E-state index contributed by atoms with van der Waals surface area (Å²) in [7, 11) is 0. The summed E-state index contributed by atoms with van der Waals surface area (Å²) in [5.74, 6) is -0.199. The maximum absolute atomic E-state index is 12.0. The van der Waals surface area contributed by atoms with Gasteiger partial charge < -0.3 is 4.74 Å². The number of rotatable bonds is 7. The van der Waals surface area contributed by atoms with E-state index in [2.05, 4.69) is 19.2 Å². The Bertz CT molecular complexity index is 347. The van der Waals surface area contributed by atoms with E-state index in [9.17, 15) is 4.79 Å². The summed E-state index contributed by atoms with van der Waals surface area (Å²) in [6.45, 7) is 6.48. The minimum Gasteiger partial charge on any atom is -0.465 e. The predicted octanol–water partition coefficient (Wildman–Crippen LogP) is 3.07. The second-order valence-electron chi connectivity index (χ2n) is 4.28. The fourth-order valence-corrected chi connectivity index (χ4v) is 1.93. The molecule has 3 heteroatoms. The molecule has 0 saturated carbocycles. The zero-order valence-corrected chi connectivity index (χ0v) is 11.5. The van der Waals surface area contributed by atoms with Gasteiger partial charge in [0.05, 0.1) is 6.61 Å². The van der Waals surface area contributed by atoms with Gasteiger partial charge in [0.2, 0.25) is 0 Å². The Hall–Kier alpha value is -1.35. The van der Waals surface area contributed by atoms with Crippen molar-refractivity contribution in [2.45, 2.75) is 45.7 Å². The summed E-state index contributed by atoms with van der Waals surface area (Å²) >= 11 is 0. The van der Waals surface area contributed by atoms with Crippen LogP contribution in [-0.2, 0) is 9.53 Å². The van der Waals surface area contributed by atoms with Crippen LogP contribution >= 0.6 is 0 Å². The molecule has 0 aliphatic heterocycles. The molecule has 0 heterocycles. The van der Waals surface area contributed by atoms with Gasteiger partial charge in [0.15, 0.2) is 0 Å². The van der Waals surface area contributed by atoms with Gasteiger partial charge in [-0.15, -0.1) is 0 Å². The average Bonchev–Trinajstić information content (AvgIpc) is 2.41. The highest BCUT2D eigenvalue weighted by molar-refractivity contribution is 5.77. The lowest BCUT2D eigenvalue weighted by molar-refractivity contribution is -0.146. The Morgan fingerprint density at radius 3 is 2.28 bits per heavy atom. The molecule has 1 N–H and O–H groups in total. The molecule has 1 aromatic carbocycles. The molecule has 0 fully saturated rings. The molecular weight excluding hydrogens is 226 g/mol. The van der Waals surface area contributed by atoms with Gasteiger partial charge in [0, 0.05) is 6.04 Å². The third-order valence-corrected chi connectivity index (χ3v) is 3.04. The van der Waals surface area contributed by atoms with Crippen molar-refractivity contribution < 1.29 is 9.53 Å². The molecule has 0 amide bonds. The fraction of sp³-hybridized carbons (Fsp3) is 0.533. The van der Waals surface area contributed by atoms with Gasteiger partial charge in [-0.3, -0.25) is 5.32 Å². The van der Waals surface area contributed by atoms with Gasteiger partial charge in [-0.1, -0.05) is 44.2 Å². The summed E-state index contributed by atoms with van der Waals surface area (Å²) < 4.78 is 5.15. The van der Waals surface area contributed by atoms with Gasteiger partial charge in [-0.25, -0.2) is 4.79 Å². The standard InChI is InChI=1S/C15H23NO2/c1-4-13(5-2)16-14(15(17)18-6-3)12-10-8-7-9-11-12/h7-11,13-14,16H,4-6H2,1-3H3. The monoisotopic (exact) mass is 249 g/mol. The van der Waals surface area contributed by atoms with E-state index in [0.717, 1.165) is 18.4 Å². The second-order valence-corrected chi connectivity index (χ2v) is 4.28. The first-order valence-corrected chi connectivity index (χ1v) is 6.70. The molecule has 1 atom stereocenters. The van der Waals surface area contributed by atoms with Crippen molar-refractivity contribution in [3.05, 3.63) is 35.9 Å². The van der Waals surface area contributed by atoms with E-state index >= 15 is 0 Å². The quantitative estimate of drug-likeness (QED) is 0.755. The zero-order chi connectivity index (χ0) is 13.4. The molecule has 100 valence electrons. The van der Waals surface area contributed by atoms with Crippen molar-refractivity contribution in [3.63, 3.8) is 0 Å². The average molecular weight is 249 g/mol. The molecule has 0 saturated heterocycles. The Morgan fingerprint density at radius 2 is 1.78 bits per heavy atom. The van der Waals surface area contributed by atoms with E-state index < -0.39 is 0 Å². The van der Waals surface area contributed by atoms with Crippen molar-refractivity contribution in [1.29, 1.82) is 0 Å². The highest BCUT2D eigenvalue weighted by Crippen LogP contribution is 2.16. The first-order chi connectivity index (χ1) is 8.72. The summed E-state index contributed by atoms with van der Waals surface area (Å²) in [5, 5.41) is 3.38. The molecule has 0 bridgehead atoms. The Labute approximate surface area is 110 Å². The molecule has 3 nitrogen and oxygen atoms in total. The van der Waals surface area contributed by atoms with E-state index in [-0.39, 0.29) is 12.0 Å². The van der Waals surface area contributed by atoms with E-state index in [1.807, 2.05) is 37.3 Å². The third-order valence-electron chi connectivity index (χ3n) is 3.04. The maximum Gasteiger partial charge on any atom is 0.327 e. The highest BCUT2D eigenvalue weighted by Gasteiger charge is 2.23. The van der Waals surface area contributed by atoms with Gasteiger partial charge in [-0.05, 0) is 25.3 Å². The normalized spacial score (nSPS) is 12.4. The lowest BCUT2D eigenvalue weighted by atomic mass is 10.0. The highest BCUT2D eigenvalue weighted by atomic mass is 16.5. The zero-order valence-electron chi connectivity index (χ0n) is 11.5. The van der Waals surface area contributed by atoms with Crippen LogP contribution < -0.4 is 5.32 Å². The van der Waals surface area contributed by atoms with Crippen LogP contribution in [0.4, 0.5) is 0 Å². The van der Waals surface area contributed by atoms with Gasteiger partial charge >= 0.3 is 5.97 Å². The van der Waals surface area contributed by atoms with Crippen LogP contribution in [0, 0.1) is 0 Å². The molecule has 1 rings (SSSR count). The van der Waals surface area contributed by atoms with Crippen LogP contribution in [0.5, 0.6) is 0 Å². The summed E-state index contributed by atoms with van der Waals surface area (Å²) in [6, 6.07) is 9.71. The van der Waals surface area contributed by atoms with Crippen LogP contribution in [0.2, 0.25) is 0 Å². The number of ether oxygens (including phenoxy) is 1. The summed E-state index contributed by atoms with van der Waals surface area (Å²) in [5.41, 5.74) is 0.961. The number of carbonyl (C=O) groups excluding carboxylic acids is 1. The Kier molecular flexibility index (Phi) is 6.44. The molecule has 1 unspecified atom stereocenters. The molecule has 0 aromatic heterocycles. The van der Waals surface area contributed by atoms with E-state index in [1.54, 1.807) is 0 Å². The van der Waals surface area contributed by atoms with Crippen LogP contribution in [-0.4, -0.2) is 18.6 Å². The molecule has 1 aromatic rings. The third kappa shape index (κ3) is 4.15. The molecule has 0 spiro atoms. The smallest absolute Gasteiger partial charge is 0.327 e. The molecule has 0 aliphatic carbocycles. The van der Waals surface area contributed by atoms with Gasteiger partial charge in [0.25, 0.3) is 0 Å². The number of hydrogen-bond acceptors (Lipinski definition) is 3. The lowest BCUT2D eigenvalue weighted by Gasteiger charge is -2.23. The van der Waals surface area contributed by atoms with Crippen molar-refractivity contribution in [1.82, 2.24) is 5.32 Å². The Balaban J connectivity index is 2.85. The maximum atomic E-state index is 12.0. The SMILES string of the molecule is CCOC(=O)C(NC(CC)CC)c1ccccc1. The summed E-state index contributed by atoms with van der Waals surface area (Å²) in [6.07, 6.45) is 2.00. The first-order valence-electron chi connectivity index (χ1n) is 6.70. The molecule has 18 heavy (non-hydrogen) atoms. The summed E-state index contributed by atoms with van der Waals surface area (Å²) in [4.78, 5) is 12.0. The predicted molar refractivity (Wildman–Crippen MR) is 73.3 cm³/mol. The van der Waals surface area contributed by atoms with Crippen molar-refractivity contribution in [2.75, 3.05) is 6.61 Å². The van der Waals surface area contributed by atoms with Crippen LogP contribution in [0.1, 0.15) is 45.2 Å². The largest absolute Gasteiger partial charge is 0.465 e. The van der Waals surface area contributed by atoms with Gasteiger partial charge in [0.1, 0.15) is 6.04 Å². The second kappa shape index (κ2) is 7.88. The van der Waals surface area contributed by atoms with Crippen LogP contribution in [0.25, 0.3) is 0 Å². The number of hydrogen-bond donors (Lipinski definition) is 1. The fourth-order valence-electron chi connectivity index (χ4n) is 1.93. The van der Waals surface area contributed by atoms with Gasteiger partial charge in [-0.2, -0.15) is 0 Å². The lowest BCUT2D eigenvalue weighted by Crippen LogP contribution is -2.37. The minimum absolute atomic E-state index is 0.199. The molecule has 0 radical (unpaired) electrons. The van der Waals surface area contributed by atoms with Crippen molar-refractivity contribution in [3.8, 4) is 0 Å². The van der Waals surface area contributed by atoms with E-state index in [0.29, 0.717) is 12.6 Å². The van der Waals surface area contributed by atoms with Crippen molar-refractivity contribution >= 4 is 5.97 Å². The van der Waals surface area contributed by atoms with E-state index in [4.69, 9.17) is 4.74 Å². The van der Waals surface area contributed by atoms with Crippen LogP contribution in [0.3, 0.4) is 0 Å². The topological polar surface area (TPSA) is 38.3 Å². The first kappa shape index (κ1) is 14.7. The Morgan fingerprint density at radius 1 is 1.17 bits per heavy atom. The minimum atomic E-state index is -0.365. The number of benzene rings is 1. The van der Waals surface area contributed by atoms with E-state index in [1.165, 1.54) is 0 Å². The molecule has 0 aliphatic rings. The number of esters is 1. The molecular formula is C15H23NO2.